The van der Waals surface area contributed by atoms with Crippen LogP contribution in [0.3, 0.4) is 0 Å². The van der Waals surface area contributed by atoms with Crippen molar-refractivity contribution in [2.24, 2.45) is 0 Å². The number of fused-ring (bicyclic) bond motifs is 1. The second-order valence-electron chi connectivity index (χ2n) is 6.37. The van der Waals surface area contributed by atoms with E-state index in [1.54, 1.807) is 6.20 Å². The Hall–Kier alpha value is -2.56. The normalized spacial score (nSPS) is 15.2. The number of hydrogen-bond donors (Lipinski definition) is 2. The first-order valence-electron chi connectivity index (χ1n) is 8.03. The lowest BCUT2D eigenvalue weighted by molar-refractivity contribution is 0.563. The van der Waals surface area contributed by atoms with Gasteiger partial charge < -0.3 is 4.55 Å². The number of benzene rings is 1. The van der Waals surface area contributed by atoms with Crippen molar-refractivity contribution in [1.29, 1.82) is 5.26 Å². The number of nitrogens with zero attached hydrogens (tertiary/aromatic N) is 3. The largest absolute Gasteiger partial charge is 0.306 e. The van der Waals surface area contributed by atoms with Crippen LogP contribution in [0.15, 0.2) is 24.4 Å². The molecular weight excluding hydrogens is 336 g/mol. The van der Waals surface area contributed by atoms with E-state index in [2.05, 4.69) is 21.3 Å². The molecule has 3 aromatic rings. The molecule has 4 rings (SSSR count). The number of nitriles is 1. The van der Waals surface area contributed by atoms with E-state index in [0.717, 1.165) is 51.7 Å². The Morgan fingerprint density at radius 2 is 2.24 bits per heavy atom. The number of rotatable bonds is 4. The van der Waals surface area contributed by atoms with E-state index in [1.165, 1.54) is 0 Å². The molecule has 0 aliphatic heterocycles. The molecule has 1 atom stereocenters. The molecule has 1 saturated carbocycles. The fourth-order valence-corrected chi connectivity index (χ4v) is 3.80. The maximum absolute atomic E-state index is 11.1. The second-order valence-corrected chi connectivity index (χ2v) is 7.30. The highest BCUT2D eigenvalue weighted by Gasteiger charge is 2.29. The van der Waals surface area contributed by atoms with Crippen molar-refractivity contribution >= 4 is 22.0 Å². The first-order valence-corrected chi connectivity index (χ1v) is 9.30. The van der Waals surface area contributed by atoms with E-state index in [4.69, 9.17) is 4.55 Å². The first-order chi connectivity index (χ1) is 12.1. The van der Waals surface area contributed by atoms with E-state index < -0.39 is 11.1 Å². The van der Waals surface area contributed by atoms with Crippen LogP contribution < -0.4 is 0 Å². The van der Waals surface area contributed by atoms with E-state index in [0.29, 0.717) is 11.6 Å². The Labute approximate surface area is 147 Å². The summed E-state index contributed by atoms with van der Waals surface area (Å²) in [5, 5.41) is 18.0. The van der Waals surface area contributed by atoms with E-state index in [9.17, 15) is 9.47 Å². The van der Waals surface area contributed by atoms with Gasteiger partial charge in [-0.1, -0.05) is 18.2 Å². The average molecular weight is 352 g/mol. The number of nitrogens with one attached hydrogen (secondary N) is 1. The third-order valence-corrected chi connectivity index (χ3v) is 5.18. The van der Waals surface area contributed by atoms with Crippen molar-refractivity contribution in [2.45, 2.75) is 31.4 Å². The Morgan fingerprint density at radius 3 is 2.88 bits per heavy atom. The number of aromatic amines is 1. The molecule has 2 heterocycles. The molecule has 0 spiro atoms. The summed E-state index contributed by atoms with van der Waals surface area (Å²) in [7, 11) is 0. The first kappa shape index (κ1) is 15.9. The summed E-state index contributed by atoms with van der Waals surface area (Å²) in [6, 6.07) is 7.86. The van der Waals surface area contributed by atoms with Crippen LogP contribution in [0, 0.1) is 18.3 Å². The van der Waals surface area contributed by atoms with Gasteiger partial charge in [0.15, 0.2) is 11.1 Å². The molecule has 0 radical (unpaired) electrons. The predicted molar refractivity (Wildman–Crippen MR) is 95.2 cm³/mol. The number of aromatic nitrogens is 3. The van der Waals surface area contributed by atoms with Crippen LogP contribution in [0.5, 0.6) is 0 Å². The zero-order valence-corrected chi connectivity index (χ0v) is 14.4. The van der Waals surface area contributed by atoms with Gasteiger partial charge >= 0.3 is 0 Å². The van der Waals surface area contributed by atoms with Gasteiger partial charge in [0.25, 0.3) is 0 Å². The zero-order valence-electron chi connectivity index (χ0n) is 13.6. The molecule has 0 saturated heterocycles. The number of H-pyrrole nitrogens is 1. The highest BCUT2D eigenvalue weighted by atomic mass is 32.2. The highest BCUT2D eigenvalue weighted by Crippen LogP contribution is 2.44. The standard InChI is InChI=1S/C18H16N4O2S/c1-10-6-12(4-5-13(10)9-25(23)24)16-14(7-19)20-8-15-17(16)18(22-21-15)11-2-3-11/h4-6,8,11H,2-3,9H2,1H3,(H,21,22)(H,23,24). The molecule has 2 N–H and O–H groups in total. The fraction of sp³-hybridized carbons (Fsp3) is 0.278. The van der Waals surface area contributed by atoms with Gasteiger partial charge in [-0.3, -0.25) is 5.10 Å². The minimum atomic E-state index is -1.88. The molecule has 1 aromatic carbocycles. The summed E-state index contributed by atoms with van der Waals surface area (Å²) in [6.45, 7) is 1.91. The maximum Gasteiger partial charge on any atom is 0.157 e. The molecule has 0 amide bonds. The van der Waals surface area contributed by atoms with Crippen LogP contribution in [0.1, 0.15) is 41.3 Å². The molecule has 1 aliphatic carbocycles. The zero-order chi connectivity index (χ0) is 17.6. The molecule has 2 aromatic heterocycles. The lowest BCUT2D eigenvalue weighted by Gasteiger charge is -2.10. The molecule has 0 bridgehead atoms. The van der Waals surface area contributed by atoms with Crippen molar-refractivity contribution in [1.82, 2.24) is 15.2 Å². The van der Waals surface area contributed by atoms with Gasteiger partial charge in [-0.25, -0.2) is 9.19 Å². The van der Waals surface area contributed by atoms with Crippen molar-refractivity contribution in [3.8, 4) is 17.2 Å². The van der Waals surface area contributed by atoms with Gasteiger partial charge in [0.05, 0.1) is 11.9 Å². The fourth-order valence-electron chi connectivity index (χ4n) is 3.21. The lowest BCUT2D eigenvalue weighted by atomic mass is 9.95. The molecule has 7 heteroatoms. The SMILES string of the molecule is Cc1cc(-c2c(C#N)ncc3n[nH]c(C4CC4)c23)ccc1CS(=O)O. The summed E-state index contributed by atoms with van der Waals surface area (Å²) in [5.74, 6) is 0.563. The lowest BCUT2D eigenvalue weighted by Crippen LogP contribution is -1.97. The molecular formula is C18H16N4O2S. The summed E-state index contributed by atoms with van der Waals surface area (Å²) < 4.78 is 20.2. The third kappa shape index (κ3) is 2.84. The average Bonchev–Trinajstić information content (AvgIpc) is 3.34. The van der Waals surface area contributed by atoms with Gasteiger partial charge in [-0.05, 0) is 36.5 Å². The van der Waals surface area contributed by atoms with Crippen LogP contribution in [0.25, 0.3) is 22.0 Å². The summed E-state index contributed by atoms with van der Waals surface area (Å²) in [4.78, 5) is 4.26. The van der Waals surface area contributed by atoms with Crippen molar-refractivity contribution in [3.63, 3.8) is 0 Å². The molecule has 1 unspecified atom stereocenters. The number of pyridine rings is 1. The van der Waals surface area contributed by atoms with E-state index >= 15 is 0 Å². The van der Waals surface area contributed by atoms with Gasteiger partial charge in [-0.15, -0.1) is 0 Å². The topological polar surface area (TPSA) is 103 Å². The Morgan fingerprint density at radius 1 is 1.44 bits per heavy atom. The van der Waals surface area contributed by atoms with Crippen LogP contribution in [0.4, 0.5) is 0 Å². The quantitative estimate of drug-likeness (QED) is 0.701. The van der Waals surface area contributed by atoms with Gasteiger partial charge in [0.2, 0.25) is 0 Å². The molecule has 6 nitrogen and oxygen atoms in total. The molecule has 1 aliphatic rings. The highest BCUT2D eigenvalue weighted by molar-refractivity contribution is 7.78. The third-order valence-electron chi connectivity index (χ3n) is 4.63. The molecule has 126 valence electrons. The van der Waals surface area contributed by atoms with Crippen LogP contribution in [0.2, 0.25) is 0 Å². The van der Waals surface area contributed by atoms with Gasteiger partial charge in [0.1, 0.15) is 17.3 Å². The Kier molecular flexibility index (Phi) is 3.86. The minimum Gasteiger partial charge on any atom is -0.306 e. The minimum absolute atomic E-state index is 0.0959. The van der Waals surface area contributed by atoms with Crippen LogP contribution in [-0.4, -0.2) is 23.9 Å². The summed E-state index contributed by atoms with van der Waals surface area (Å²) in [6.07, 6.45) is 3.89. The van der Waals surface area contributed by atoms with E-state index in [1.807, 2.05) is 25.1 Å². The van der Waals surface area contributed by atoms with Gasteiger partial charge in [-0.2, -0.15) is 10.4 Å². The summed E-state index contributed by atoms with van der Waals surface area (Å²) in [5.41, 5.74) is 5.60. The van der Waals surface area contributed by atoms with Gasteiger partial charge in [0, 0.05) is 22.6 Å². The van der Waals surface area contributed by atoms with Crippen molar-refractivity contribution in [3.05, 3.63) is 46.9 Å². The predicted octanol–water partition coefficient (Wildman–Crippen LogP) is 3.40. The smallest absolute Gasteiger partial charge is 0.157 e. The monoisotopic (exact) mass is 352 g/mol. The number of aryl methyl sites for hydroxylation is 1. The van der Waals surface area contributed by atoms with Crippen molar-refractivity contribution in [2.75, 3.05) is 0 Å². The Bertz CT molecular complexity index is 1050. The summed E-state index contributed by atoms with van der Waals surface area (Å²) >= 11 is -1.88. The van der Waals surface area contributed by atoms with E-state index in [-0.39, 0.29) is 5.75 Å². The number of hydrogen-bond acceptors (Lipinski definition) is 4. The second kappa shape index (κ2) is 6.06. The Balaban J connectivity index is 1.94. The molecule has 1 fully saturated rings. The molecule has 25 heavy (non-hydrogen) atoms. The van der Waals surface area contributed by atoms with Crippen LogP contribution >= 0.6 is 0 Å². The van der Waals surface area contributed by atoms with Crippen molar-refractivity contribution < 1.29 is 8.76 Å². The maximum atomic E-state index is 11.1. The van der Waals surface area contributed by atoms with Crippen LogP contribution in [-0.2, 0) is 16.8 Å².